The Hall–Kier alpha value is -4.16. The van der Waals surface area contributed by atoms with Gasteiger partial charge in [-0.25, -0.2) is 14.5 Å². The van der Waals surface area contributed by atoms with Crippen LogP contribution < -0.4 is 20.3 Å². The number of aliphatic hydroxyl groups is 1. The Morgan fingerprint density at radius 1 is 1.10 bits per heavy atom. The lowest BCUT2D eigenvalue weighted by molar-refractivity contribution is -0.0377. The van der Waals surface area contributed by atoms with Crippen LogP contribution in [-0.4, -0.2) is 51.0 Å². The Morgan fingerprint density at radius 3 is 2.69 bits per heavy atom. The molecule has 7 rings (SSSR count). The first-order valence-corrected chi connectivity index (χ1v) is 13.1. The molecule has 2 aliphatic rings. The van der Waals surface area contributed by atoms with Crippen molar-refractivity contribution in [2.75, 3.05) is 5.32 Å². The van der Waals surface area contributed by atoms with E-state index in [4.69, 9.17) is 21.1 Å². The summed E-state index contributed by atoms with van der Waals surface area (Å²) in [5.74, 6) is 1.89. The molecule has 2 N–H and O–H groups in total. The van der Waals surface area contributed by atoms with Crippen LogP contribution in [0.3, 0.4) is 0 Å². The third-order valence-corrected chi connectivity index (χ3v) is 7.69. The van der Waals surface area contributed by atoms with E-state index in [1.54, 1.807) is 46.3 Å². The summed E-state index contributed by atoms with van der Waals surface area (Å²) in [4.78, 5) is 26.2. The Balaban J connectivity index is 1.22. The van der Waals surface area contributed by atoms with Crippen molar-refractivity contribution in [1.29, 1.82) is 0 Å². The van der Waals surface area contributed by atoms with Crippen molar-refractivity contribution >= 4 is 39.9 Å². The number of aliphatic hydroxyl groups excluding tert-OH is 1. The summed E-state index contributed by atoms with van der Waals surface area (Å²) in [5, 5.41) is 17.8. The second-order valence-electron chi connectivity index (χ2n) is 10.0. The minimum Gasteiger partial charge on any atom is -0.470 e. The van der Waals surface area contributed by atoms with E-state index in [9.17, 15) is 9.90 Å². The van der Waals surface area contributed by atoms with Crippen LogP contribution in [0.25, 0.3) is 16.7 Å². The molecule has 0 radical (unpaired) electrons. The third kappa shape index (κ3) is 4.07. The van der Waals surface area contributed by atoms with Gasteiger partial charge < -0.3 is 29.0 Å². The summed E-state index contributed by atoms with van der Waals surface area (Å²) >= 11 is 6.81. The summed E-state index contributed by atoms with van der Waals surface area (Å²) < 4.78 is 17.0. The summed E-state index contributed by atoms with van der Waals surface area (Å²) in [6.45, 7) is 0. The number of fused-ring (bicyclic) bond motifs is 2. The number of anilines is 2. The molecular weight excluding hydrogens is 524 g/mol. The van der Waals surface area contributed by atoms with Gasteiger partial charge in [0.25, 0.3) is 5.56 Å². The van der Waals surface area contributed by atoms with Gasteiger partial charge in [0.2, 0.25) is 11.8 Å². The number of aromatic nitrogens is 7. The second-order valence-corrected chi connectivity index (χ2v) is 10.4. The molecule has 2 saturated carbocycles. The normalized spacial score (nSPS) is 18.9. The first-order chi connectivity index (χ1) is 18.9. The van der Waals surface area contributed by atoms with Crippen molar-refractivity contribution in [2.45, 2.75) is 43.8 Å². The van der Waals surface area contributed by atoms with Crippen LogP contribution in [0.2, 0.25) is 5.02 Å². The number of hydrogen-bond donors (Lipinski definition) is 2. The van der Waals surface area contributed by atoms with Gasteiger partial charge in [-0.1, -0.05) is 11.6 Å². The van der Waals surface area contributed by atoms with E-state index in [2.05, 4.69) is 25.4 Å². The van der Waals surface area contributed by atoms with Gasteiger partial charge in [0.1, 0.15) is 22.3 Å². The topological polar surface area (TPSA) is 134 Å². The molecular formula is C26H25ClN8O4. The average molecular weight is 549 g/mol. The second kappa shape index (κ2) is 8.95. The number of nitrogens with zero attached hydrogens (tertiary/aromatic N) is 7. The predicted octanol–water partition coefficient (Wildman–Crippen LogP) is 3.68. The smallest absolute Gasteiger partial charge is 0.274 e. The number of hydrogen-bond acceptors (Lipinski definition) is 9. The Kier molecular flexibility index (Phi) is 5.49. The zero-order chi connectivity index (χ0) is 26.8. The quantitative estimate of drug-likeness (QED) is 0.312. The lowest BCUT2D eigenvalue weighted by atomic mass is 9.92. The van der Waals surface area contributed by atoms with Gasteiger partial charge in [0.05, 0.1) is 18.5 Å². The number of ether oxygens (including phenoxy) is 2. The highest BCUT2D eigenvalue weighted by molar-refractivity contribution is 6.36. The molecule has 12 nitrogen and oxygen atoms in total. The van der Waals surface area contributed by atoms with E-state index < -0.39 is 6.10 Å². The maximum Gasteiger partial charge on any atom is 0.274 e. The van der Waals surface area contributed by atoms with Crippen LogP contribution in [-0.2, 0) is 14.1 Å². The molecule has 39 heavy (non-hydrogen) atoms. The van der Waals surface area contributed by atoms with Crippen LogP contribution in [0.4, 0.5) is 11.6 Å². The first kappa shape index (κ1) is 23.9. The SMILES string of the molecule is Cn1cc(C2CC2)cc(Nc2nc3ncc(Oc4cnn5ccnc(O[C@@H]6CC[C@@H]6O)c45)c(Cl)c3n2C)c1=O. The number of rotatable bonds is 7. The predicted molar refractivity (Wildman–Crippen MR) is 143 cm³/mol. The van der Waals surface area contributed by atoms with Crippen LogP contribution in [0.5, 0.6) is 17.4 Å². The fraction of sp³-hybridized carbons (Fsp3) is 0.346. The van der Waals surface area contributed by atoms with E-state index in [1.165, 1.54) is 6.20 Å². The molecule has 2 aliphatic carbocycles. The highest BCUT2D eigenvalue weighted by atomic mass is 35.5. The summed E-state index contributed by atoms with van der Waals surface area (Å²) in [6.07, 6.45) is 11.0. The average Bonchev–Trinajstić information content (AvgIpc) is 3.62. The van der Waals surface area contributed by atoms with E-state index in [1.807, 2.05) is 12.3 Å². The molecule has 0 aliphatic heterocycles. The number of pyridine rings is 2. The number of halogens is 1. The van der Waals surface area contributed by atoms with Gasteiger partial charge in [-0.3, -0.25) is 4.79 Å². The molecule has 13 heteroatoms. The van der Waals surface area contributed by atoms with E-state index >= 15 is 0 Å². The molecule has 0 aromatic carbocycles. The Morgan fingerprint density at radius 2 is 1.95 bits per heavy atom. The lowest BCUT2D eigenvalue weighted by Gasteiger charge is -2.32. The van der Waals surface area contributed by atoms with E-state index in [0.717, 1.165) is 24.8 Å². The number of imidazole rings is 1. The molecule has 5 aromatic rings. The molecule has 0 unspecified atom stereocenters. The largest absolute Gasteiger partial charge is 0.470 e. The summed E-state index contributed by atoms with van der Waals surface area (Å²) in [6, 6.07) is 1.89. The fourth-order valence-corrected chi connectivity index (χ4v) is 5.08. The zero-order valence-corrected chi connectivity index (χ0v) is 22.0. The number of aryl methyl sites for hydroxylation is 2. The molecule has 2 atom stereocenters. The molecule has 0 saturated heterocycles. The van der Waals surface area contributed by atoms with Crippen molar-refractivity contribution in [3.8, 4) is 17.4 Å². The molecule has 2 fully saturated rings. The van der Waals surface area contributed by atoms with Crippen molar-refractivity contribution < 1.29 is 14.6 Å². The molecule has 0 bridgehead atoms. The van der Waals surface area contributed by atoms with E-state index in [-0.39, 0.29) is 11.7 Å². The lowest BCUT2D eigenvalue weighted by Crippen LogP contribution is -2.41. The first-order valence-electron chi connectivity index (χ1n) is 12.7. The Labute approximate surface area is 226 Å². The van der Waals surface area contributed by atoms with Gasteiger partial charge in [-0.2, -0.15) is 10.1 Å². The van der Waals surface area contributed by atoms with Gasteiger partial charge in [-0.05, 0) is 43.2 Å². The van der Waals surface area contributed by atoms with Crippen LogP contribution in [0.15, 0.2) is 41.8 Å². The van der Waals surface area contributed by atoms with Crippen LogP contribution >= 0.6 is 11.6 Å². The summed E-state index contributed by atoms with van der Waals surface area (Å²) in [5.41, 5.74) is 2.86. The zero-order valence-electron chi connectivity index (χ0n) is 21.2. The van der Waals surface area contributed by atoms with Gasteiger partial charge in [0, 0.05) is 32.7 Å². The maximum atomic E-state index is 12.8. The fourth-order valence-electron chi connectivity index (χ4n) is 4.78. The van der Waals surface area contributed by atoms with Gasteiger partial charge >= 0.3 is 0 Å². The minimum atomic E-state index is -0.524. The van der Waals surface area contributed by atoms with Gasteiger partial charge in [0.15, 0.2) is 22.7 Å². The summed E-state index contributed by atoms with van der Waals surface area (Å²) in [7, 11) is 3.54. The molecule has 5 heterocycles. The third-order valence-electron chi connectivity index (χ3n) is 7.33. The molecule has 0 amide bonds. The van der Waals surface area contributed by atoms with E-state index in [0.29, 0.717) is 63.1 Å². The van der Waals surface area contributed by atoms with Crippen molar-refractivity contribution in [3.05, 3.63) is 58.0 Å². The Bertz CT molecular complexity index is 1810. The monoisotopic (exact) mass is 548 g/mol. The molecule has 200 valence electrons. The molecule has 5 aromatic heterocycles. The van der Waals surface area contributed by atoms with Crippen LogP contribution in [0.1, 0.15) is 37.2 Å². The van der Waals surface area contributed by atoms with Crippen LogP contribution in [0, 0.1) is 0 Å². The maximum absolute atomic E-state index is 12.8. The van der Waals surface area contributed by atoms with Crippen molar-refractivity contribution in [1.82, 2.24) is 33.7 Å². The highest BCUT2D eigenvalue weighted by Crippen LogP contribution is 2.41. The highest BCUT2D eigenvalue weighted by Gasteiger charge is 2.32. The van der Waals surface area contributed by atoms with Crippen molar-refractivity contribution in [3.63, 3.8) is 0 Å². The standard InChI is InChI=1S/C26H25ClN8O4/c1-33-12-14(13-3-4-13)9-15(25(33)37)31-26-32-23-22(34(26)2)20(27)18(10-29-23)38-19-11-30-35-8-7-28-24(21(19)35)39-17-6-5-16(17)36/h7-13,16-17,36H,3-6H2,1-2H3,(H,29,31,32)/t16-,17+/m0/s1. The van der Waals surface area contributed by atoms with Gasteiger partial charge in [-0.15, -0.1) is 0 Å². The van der Waals surface area contributed by atoms with Crippen molar-refractivity contribution in [2.24, 2.45) is 14.1 Å². The minimum absolute atomic E-state index is 0.149. The molecule has 0 spiro atoms. The number of nitrogens with one attached hydrogen (secondary N) is 1.